The molecule has 0 unspecified atom stereocenters. The molecule has 3 aromatic carbocycles. The van der Waals surface area contributed by atoms with Crippen molar-refractivity contribution in [2.75, 3.05) is 10.3 Å². The Kier molecular flexibility index (Phi) is 7.16. The number of nitrogens with one attached hydrogen (secondary N) is 2. The predicted octanol–water partition coefficient (Wildman–Crippen LogP) is 6.41. The summed E-state index contributed by atoms with van der Waals surface area (Å²) in [4.78, 5) is 32.7. The van der Waals surface area contributed by atoms with Crippen molar-refractivity contribution in [3.63, 3.8) is 0 Å². The second-order valence-electron chi connectivity index (χ2n) is 8.09. The highest BCUT2D eigenvalue weighted by molar-refractivity contribution is 7.99. The fourth-order valence-electron chi connectivity index (χ4n) is 3.81. The number of carbonyl (C=O) groups excluding carboxylic acids is 2. The number of fused-ring (bicyclic) bond motifs is 2. The molecule has 0 fully saturated rings. The number of hydrazone groups is 1. The van der Waals surface area contributed by atoms with E-state index in [-0.39, 0.29) is 11.8 Å². The molecule has 184 valence electrons. The molecule has 1 aliphatic rings. The first-order valence-electron chi connectivity index (χ1n) is 11.5. The van der Waals surface area contributed by atoms with Gasteiger partial charge in [-0.1, -0.05) is 30.0 Å². The van der Waals surface area contributed by atoms with E-state index in [9.17, 15) is 9.59 Å². The molecule has 1 aromatic heterocycles. The Balaban J connectivity index is 1.24. The zero-order valence-electron chi connectivity index (χ0n) is 20.0. The summed E-state index contributed by atoms with van der Waals surface area (Å²) in [7, 11) is 0. The number of hydrogen-bond donors (Lipinski definition) is 2. The van der Waals surface area contributed by atoms with E-state index >= 15 is 0 Å². The third-order valence-corrected chi connectivity index (χ3v) is 7.84. The standard InChI is InChI=1S/C28H23N5O2S2/c1-3-14-33(29-2)20-11-8-18(9-12-20)28-31-17-21(36-28)16-30-26(34)19-10-13-25-23(15-19)32-27(35)22-6-4-5-7-24(22)37-25/h3-15,17H,2,16H2,1H3,(H,30,34)(H,32,35)/b14-3-. The second-order valence-corrected chi connectivity index (χ2v) is 10.3. The van der Waals surface area contributed by atoms with Crippen LogP contribution in [0.3, 0.4) is 0 Å². The van der Waals surface area contributed by atoms with Gasteiger partial charge in [-0.05, 0) is 61.5 Å². The monoisotopic (exact) mass is 525 g/mol. The number of thiazole rings is 1. The van der Waals surface area contributed by atoms with Crippen LogP contribution in [0.1, 0.15) is 32.5 Å². The van der Waals surface area contributed by atoms with Crippen molar-refractivity contribution >= 4 is 53.0 Å². The van der Waals surface area contributed by atoms with E-state index in [4.69, 9.17) is 0 Å². The van der Waals surface area contributed by atoms with Crippen molar-refractivity contribution in [1.82, 2.24) is 10.3 Å². The van der Waals surface area contributed by atoms with Gasteiger partial charge in [0.15, 0.2) is 0 Å². The van der Waals surface area contributed by atoms with E-state index in [0.717, 1.165) is 30.9 Å². The largest absolute Gasteiger partial charge is 0.347 e. The van der Waals surface area contributed by atoms with E-state index in [2.05, 4.69) is 27.4 Å². The maximum absolute atomic E-state index is 12.9. The summed E-state index contributed by atoms with van der Waals surface area (Å²) in [5.74, 6) is -0.399. The number of carbonyl (C=O) groups is 2. The molecule has 2 heterocycles. The van der Waals surface area contributed by atoms with Gasteiger partial charge >= 0.3 is 0 Å². The van der Waals surface area contributed by atoms with E-state index in [0.29, 0.717) is 23.4 Å². The zero-order valence-corrected chi connectivity index (χ0v) is 21.6. The van der Waals surface area contributed by atoms with Crippen LogP contribution in [0.2, 0.25) is 0 Å². The molecule has 0 aliphatic carbocycles. The van der Waals surface area contributed by atoms with E-state index < -0.39 is 0 Å². The molecule has 37 heavy (non-hydrogen) atoms. The lowest BCUT2D eigenvalue weighted by atomic mass is 10.1. The van der Waals surface area contributed by atoms with Gasteiger partial charge in [-0.25, -0.2) is 9.99 Å². The lowest BCUT2D eigenvalue weighted by molar-refractivity contribution is 0.0949. The smallest absolute Gasteiger partial charge is 0.256 e. The van der Waals surface area contributed by atoms with Crippen molar-refractivity contribution in [3.8, 4) is 10.6 Å². The minimum absolute atomic E-state index is 0.181. The SMILES string of the molecule is C=NN(/C=C\C)c1ccc(-c2ncc(CNC(=O)c3ccc4c(c3)NC(=O)c3ccccc3S4)s2)cc1. The van der Waals surface area contributed by atoms with E-state index in [1.807, 2.05) is 67.7 Å². The van der Waals surface area contributed by atoms with Crippen molar-refractivity contribution in [2.45, 2.75) is 23.3 Å². The number of nitrogens with zero attached hydrogens (tertiary/aromatic N) is 3. The van der Waals surface area contributed by atoms with Crippen LogP contribution in [0, 0.1) is 0 Å². The zero-order chi connectivity index (χ0) is 25.8. The first kappa shape index (κ1) is 24.5. The summed E-state index contributed by atoms with van der Waals surface area (Å²) in [6, 6.07) is 20.7. The Bertz CT molecular complexity index is 1510. The minimum Gasteiger partial charge on any atom is -0.347 e. The average molecular weight is 526 g/mol. The molecule has 9 heteroatoms. The Labute approximate surface area is 222 Å². The van der Waals surface area contributed by atoms with Crippen molar-refractivity contribution < 1.29 is 9.59 Å². The predicted molar refractivity (Wildman–Crippen MR) is 151 cm³/mol. The van der Waals surface area contributed by atoms with Gasteiger partial charge in [-0.3, -0.25) is 9.59 Å². The fourth-order valence-corrected chi connectivity index (χ4v) is 5.68. The lowest BCUT2D eigenvalue weighted by Gasteiger charge is -2.13. The molecule has 4 aromatic rings. The number of amides is 2. The first-order valence-corrected chi connectivity index (χ1v) is 13.1. The fraction of sp³-hybridized carbons (Fsp3) is 0.0714. The van der Waals surface area contributed by atoms with Gasteiger partial charge in [-0.15, -0.1) is 11.3 Å². The maximum Gasteiger partial charge on any atom is 0.256 e. The molecule has 2 N–H and O–H groups in total. The van der Waals surface area contributed by atoms with E-state index in [1.165, 1.54) is 23.1 Å². The van der Waals surface area contributed by atoms with Gasteiger partial charge in [0, 0.05) is 44.9 Å². The van der Waals surface area contributed by atoms with Gasteiger partial charge < -0.3 is 10.6 Å². The van der Waals surface area contributed by atoms with Crippen LogP contribution in [0.4, 0.5) is 11.4 Å². The Morgan fingerprint density at radius 1 is 1.14 bits per heavy atom. The van der Waals surface area contributed by atoms with Gasteiger partial charge in [0.25, 0.3) is 11.8 Å². The molecular formula is C28H23N5O2S2. The molecule has 0 saturated heterocycles. The molecule has 0 saturated carbocycles. The second kappa shape index (κ2) is 10.8. The number of benzene rings is 3. The molecule has 2 amide bonds. The average Bonchev–Trinajstić information content (AvgIpc) is 3.35. The number of anilines is 2. The molecule has 0 bridgehead atoms. The summed E-state index contributed by atoms with van der Waals surface area (Å²) in [5, 5.41) is 12.4. The maximum atomic E-state index is 12.9. The number of hydrogen-bond acceptors (Lipinski definition) is 7. The van der Waals surface area contributed by atoms with Crippen molar-refractivity contribution in [2.24, 2.45) is 5.10 Å². The highest BCUT2D eigenvalue weighted by atomic mass is 32.2. The molecule has 0 radical (unpaired) electrons. The molecule has 0 spiro atoms. The van der Waals surface area contributed by atoms with Gasteiger partial charge in [0.1, 0.15) is 5.01 Å². The summed E-state index contributed by atoms with van der Waals surface area (Å²) in [6.07, 6.45) is 5.50. The normalized spacial score (nSPS) is 12.3. The summed E-state index contributed by atoms with van der Waals surface area (Å²) in [5.41, 5.74) is 3.61. The Morgan fingerprint density at radius 2 is 1.95 bits per heavy atom. The van der Waals surface area contributed by atoms with E-state index in [1.54, 1.807) is 29.4 Å². The van der Waals surface area contributed by atoms with Crippen molar-refractivity contribution in [3.05, 3.63) is 101 Å². The minimum atomic E-state index is -0.218. The summed E-state index contributed by atoms with van der Waals surface area (Å²) in [6.45, 7) is 5.87. The van der Waals surface area contributed by atoms with Crippen LogP contribution in [0.25, 0.3) is 10.6 Å². The summed E-state index contributed by atoms with van der Waals surface area (Å²) < 4.78 is 0. The number of allylic oxidation sites excluding steroid dienone is 1. The van der Waals surface area contributed by atoms with Crippen LogP contribution in [-0.4, -0.2) is 23.5 Å². The van der Waals surface area contributed by atoms with Gasteiger partial charge in [0.2, 0.25) is 0 Å². The van der Waals surface area contributed by atoms with Gasteiger partial charge in [-0.2, -0.15) is 5.10 Å². The first-order chi connectivity index (χ1) is 18.1. The lowest BCUT2D eigenvalue weighted by Crippen LogP contribution is -2.22. The quantitative estimate of drug-likeness (QED) is 0.215. The van der Waals surface area contributed by atoms with Crippen LogP contribution < -0.4 is 15.6 Å². The van der Waals surface area contributed by atoms with Crippen LogP contribution in [0.5, 0.6) is 0 Å². The molecule has 1 aliphatic heterocycles. The molecular weight excluding hydrogens is 502 g/mol. The van der Waals surface area contributed by atoms with Crippen LogP contribution in [-0.2, 0) is 6.54 Å². The number of aromatic nitrogens is 1. The molecule has 0 atom stereocenters. The Hall–Kier alpha value is -4.21. The number of rotatable bonds is 7. The highest BCUT2D eigenvalue weighted by Crippen LogP contribution is 2.39. The van der Waals surface area contributed by atoms with Crippen molar-refractivity contribution in [1.29, 1.82) is 0 Å². The summed E-state index contributed by atoms with van der Waals surface area (Å²) >= 11 is 3.03. The third-order valence-electron chi connectivity index (χ3n) is 5.64. The van der Waals surface area contributed by atoms with Crippen LogP contribution in [0.15, 0.2) is 100 Å². The van der Waals surface area contributed by atoms with Crippen LogP contribution >= 0.6 is 23.1 Å². The van der Waals surface area contributed by atoms with Gasteiger partial charge in [0.05, 0.1) is 23.5 Å². The highest BCUT2D eigenvalue weighted by Gasteiger charge is 2.20. The third kappa shape index (κ3) is 5.32. The Morgan fingerprint density at radius 3 is 2.73 bits per heavy atom. The topological polar surface area (TPSA) is 86.7 Å². The molecule has 5 rings (SSSR count). The molecule has 7 nitrogen and oxygen atoms in total.